The molecule has 2 nitrogen and oxygen atoms in total. The molecule has 98 valence electrons. The Hall–Kier alpha value is -0.380. The van der Waals surface area contributed by atoms with Crippen LogP contribution in [0.15, 0.2) is 12.1 Å². The van der Waals surface area contributed by atoms with E-state index in [1.54, 1.807) is 0 Å². The Kier molecular flexibility index (Phi) is 8.32. The molecule has 17 heavy (non-hydrogen) atoms. The number of hydrogen-bond acceptors (Lipinski definition) is 3. The van der Waals surface area contributed by atoms with E-state index in [2.05, 4.69) is 24.4 Å². The number of ether oxygens (including phenoxy) is 1. The van der Waals surface area contributed by atoms with Gasteiger partial charge < -0.3 is 10.1 Å². The quantitative estimate of drug-likeness (QED) is 0.639. The van der Waals surface area contributed by atoms with Gasteiger partial charge >= 0.3 is 0 Å². The third-order valence-electron chi connectivity index (χ3n) is 2.70. The van der Waals surface area contributed by atoms with Gasteiger partial charge in [0.2, 0.25) is 0 Å². The molecule has 0 aliphatic heterocycles. The Labute approximate surface area is 109 Å². The van der Waals surface area contributed by atoms with Crippen molar-refractivity contribution in [1.29, 1.82) is 0 Å². The Morgan fingerprint density at radius 1 is 1.12 bits per heavy atom. The molecule has 1 aromatic rings. The van der Waals surface area contributed by atoms with E-state index in [0.29, 0.717) is 0 Å². The van der Waals surface area contributed by atoms with Crippen LogP contribution in [-0.4, -0.2) is 13.7 Å². The predicted molar refractivity (Wildman–Crippen MR) is 75.5 cm³/mol. The second-order valence-electron chi connectivity index (χ2n) is 4.37. The summed E-state index contributed by atoms with van der Waals surface area (Å²) < 4.78 is 5.68. The molecule has 0 saturated carbocycles. The zero-order valence-electron chi connectivity index (χ0n) is 11.1. The van der Waals surface area contributed by atoms with Gasteiger partial charge in [-0.15, -0.1) is 11.3 Å². The molecule has 0 saturated heterocycles. The van der Waals surface area contributed by atoms with Gasteiger partial charge in [-0.25, -0.2) is 0 Å². The summed E-state index contributed by atoms with van der Waals surface area (Å²) >= 11 is 1.84. The molecule has 0 aliphatic carbocycles. The largest absolute Gasteiger partial charge is 0.376 e. The van der Waals surface area contributed by atoms with E-state index in [4.69, 9.17) is 4.74 Å². The average molecular weight is 255 g/mol. The van der Waals surface area contributed by atoms with Crippen molar-refractivity contribution in [3.05, 3.63) is 21.9 Å². The van der Waals surface area contributed by atoms with Crippen LogP contribution in [0.1, 0.15) is 48.8 Å². The molecule has 0 spiro atoms. The second-order valence-corrected chi connectivity index (χ2v) is 5.62. The fraction of sp³-hybridized carbons (Fsp3) is 0.714. The molecule has 1 N–H and O–H groups in total. The third kappa shape index (κ3) is 6.81. The highest BCUT2D eigenvalue weighted by molar-refractivity contribution is 7.11. The van der Waals surface area contributed by atoms with Gasteiger partial charge in [0.05, 0.1) is 6.61 Å². The van der Waals surface area contributed by atoms with Gasteiger partial charge in [-0.2, -0.15) is 0 Å². The van der Waals surface area contributed by atoms with E-state index in [-0.39, 0.29) is 0 Å². The maximum atomic E-state index is 5.68. The first kappa shape index (κ1) is 14.7. The zero-order valence-corrected chi connectivity index (χ0v) is 11.9. The minimum atomic E-state index is 0.780. The van der Waals surface area contributed by atoms with Crippen LogP contribution >= 0.6 is 11.3 Å². The number of rotatable bonds is 10. The van der Waals surface area contributed by atoms with Crippen molar-refractivity contribution in [3.8, 4) is 0 Å². The first-order valence-corrected chi connectivity index (χ1v) is 7.48. The molecular formula is C14H25NOS. The van der Waals surface area contributed by atoms with Crippen LogP contribution in [0.3, 0.4) is 0 Å². The van der Waals surface area contributed by atoms with Gasteiger partial charge in [0.1, 0.15) is 0 Å². The van der Waals surface area contributed by atoms with Crippen LogP contribution in [0.25, 0.3) is 0 Å². The first-order chi connectivity index (χ1) is 8.36. The lowest BCUT2D eigenvalue weighted by molar-refractivity contribution is 0.119. The average Bonchev–Trinajstić information content (AvgIpc) is 2.76. The lowest BCUT2D eigenvalue weighted by Crippen LogP contribution is -2.02. The topological polar surface area (TPSA) is 21.3 Å². The molecule has 0 amide bonds. The molecule has 0 aliphatic rings. The zero-order chi connectivity index (χ0) is 12.3. The van der Waals surface area contributed by atoms with Crippen molar-refractivity contribution in [2.45, 2.75) is 52.2 Å². The summed E-state index contributed by atoms with van der Waals surface area (Å²) in [5.74, 6) is 0. The Morgan fingerprint density at radius 2 is 1.88 bits per heavy atom. The van der Waals surface area contributed by atoms with Crippen LogP contribution < -0.4 is 5.32 Å². The Balaban J connectivity index is 2.01. The summed E-state index contributed by atoms with van der Waals surface area (Å²) in [6.07, 6.45) is 6.53. The molecule has 0 fully saturated rings. The molecule has 1 rings (SSSR count). The summed E-state index contributed by atoms with van der Waals surface area (Å²) in [6, 6.07) is 4.36. The van der Waals surface area contributed by atoms with Gasteiger partial charge in [-0.3, -0.25) is 0 Å². The van der Waals surface area contributed by atoms with Crippen molar-refractivity contribution < 1.29 is 4.74 Å². The maximum Gasteiger partial charge on any atom is 0.0809 e. The third-order valence-corrected chi connectivity index (χ3v) is 3.76. The summed E-state index contributed by atoms with van der Waals surface area (Å²) in [7, 11) is 1.98. The van der Waals surface area contributed by atoms with Crippen LogP contribution in [0.5, 0.6) is 0 Å². The molecule has 0 bridgehead atoms. The van der Waals surface area contributed by atoms with E-state index in [1.807, 2.05) is 18.4 Å². The Bertz CT molecular complexity index is 286. The number of hydrogen-bond donors (Lipinski definition) is 1. The van der Waals surface area contributed by atoms with E-state index < -0.39 is 0 Å². The fourth-order valence-corrected chi connectivity index (χ4v) is 2.72. The standard InChI is InChI=1S/C14H25NOS/c1-3-4-5-6-7-10-16-12-14-9-8-13(17-14)11-15-2/h8-9,15H,3-7,10-12H2,1-2H3. The van der Waals surface area contributed by atoms with Crippen molar-refractivity contribution in [3.63, 3.8) is 0 Å². The molecule has 3 heteroatoms. The molecule has 1 heterocycles. The molecule has 0 atom stereocenters. The highest BCUT2D eigenvalue weighted by Gasteiger charge is 1.99. The molecule has 0 aromatic carbocycles. The van der Waals surface area contributed by atoms with Crippen LogP contribution in [-0.2, 0) is 17.9 Å². The van der Waals surface area contributed by atoms with Crippen molar-refractivity contribution in [2.75, 3.05) is 13.7 Å². The van der Waals surface area contributed by atoms with E-state index in [1.165, 1.54) is 41.9 Å². The minimum absolute atomic E-state index is 0.780. The van der Waals surface area contributed by atoms with Crippen molar-refractivity contribution in [2.24, 2.45) is 0 Å². The fourth-order valence-electron chi connectivity index (χ4n) is 1.75. The lowest BCUT2D eigenvalue weighted by Gasteiger charge is -2.02. The van der Waals surface area contributed by atoms with Gasteiger partial charge in [0.25, 0.3) is 0 Å². The predicted octanol–water partition coefficient (Wildman–Crippen LogP) is 3.95. The molecule has 1 aromatic heterocycles. The summed E-state index contributed by atoms with van der Waals surface area (Å²) in [4.78, 5) is 2.72. The van der Waals surface area contributed by atoms with Crippen molar-refractivity contribution >= 4 is 11.3 Å². The highest BCUT2D eigenvalue weighted by Crippen LogP contribution is 2.17. The monoisotopic (exact) mass is 255 g/mol. The lowest BCUT2D eigenvalue weighted by atomic mass is 10.2. The van der Waals surface area contributed by atoms with E-state index in [0.717, 1.165) is 19.8 Å². The highest BCUT2D eigenvalue weighted by atomic mass is 32.1. The van der Waals surface area contributed by atoms with Crippen LogP contribution in [0.4, 0.5) is 0 Å². The number of nitrogens with one attached hydrogen (secondary N) is 1. The summed E-state index contributed by atoms with van der Waals surface area (Å²) in [5.41, 5.74) is 0. The van der Waals surface area contributed by atoms with Crippen molar-refractivity contribution in [1.82, 2.24) is 5.32 Å². The molecule has 0 radical (unpaired) electrons. The maximum absolute atomic E-state index is 5.68. The van der Waals surface area contributed by atoms with E-state index >= 15 is 0 Å². The number of unbranched alkanes of at least 4 members (excludes halogenated alkanes) is 4. The minimum Gasteiger partial charge on any atom is -0.376 e. The van der Waals surface area contributed by atoms with Gasteiger partial charge in [0, 0.05) is 22.9 Å². The van der Waals surface area contributed by atoms with Gasteiger partial charge in [-0.05, 0) is 25.6 Å². The summed E-state index contributed by atoms with van der Waals surface area (Å²) in [5, 5.41) is 3.16. The molecular weight excluding hydrogens is 230 g/mol. The van der Waals surface area contributed by atoms with Gasteiger partial charge in [0.15, 0.2) is 0 Å². The smallest absolute Gasteiger partial charge is 0.0809 e. The van der Waals surface area contributed by atoms with Crippen LogP contribution in [0, 0.1) is 0 Å². The summed E-state index contributed by atoms with van der Waals surface area (Å²) in [6.45, 7) is 4.89. The van der Waals surface area contributed by atoms with Gasteiger partial charge in [-0.1, -0.05) is 32.6 Å². The molecule has 0 unspecified atom stereocenters. The first-order valence-electron chi connectivity index (χ1n) is 6.66. The number of thiophene rings is 1. The second kappa shape index (κ2) is 9.63. The van der Waals surface area contributed by atoms with E-state index in [9.17, 15) is 0 Å². The SMILES string of the molecule is CCCCCCCOCc1ccc(CNC)s1. The van der Waals surface area contributed by atoms with Crippen LogP contribution in [0.2, 0.25) is 0 Å². The Morgan fingerprint density at radius 3 is 2.65 bits per heavy atom. The normalized spacial score (nSPS) is 10.9.